The van der Waals surface area contributed by atoms with Crippen LogP contribution in [0.15, 0.2) is 0 Å². The molecule has 0 bridgehead atoms. The number of methoxy groups -OCH3 is 2. The monoisotopic (exact) mass is 324 g/mol. The first kappa shape index (κ1) is 17.2. The second kappa shape index (κ2) is 7.49. The number of hydrogen-bond donors (Lipinski definition) is 0. The Balaban J connectivity index is 1.60. The van der Waals surface area contributed by atoms with Gasteiger partial charge in [-0.3, -0.25) is 4.79 Å². The summed E-state index contributed by atoms with van der Waals surface area (Å²) in [5.41, 5.74) is 0.122. The van der Waals surface area contributed by atoms with Gasteiger partial charge in [-0.05, 0) is 44.7 Å². The quantitative estimate of drug-likeness (QED) is 0.714. The summed E-state index contributed by atoms with van der Waals surface area (Å²) in [5, 5.41) is 0. The Morgan fingerprint density at radius 2 is 1.91 bits per heavy atom. The van der Waals surface area contributed by atoms with E-state index in [2.05, 4.69) is 4.90 Å². The average Bonchev–Trinajstić information content (AvgIpc) is 2.77. The molecule has 3 fully saturated rings. The van der Waals surface area contributed by atoms with Gasteiger partial charge < -0.3 is 19.3 Å². The highest BCUT2D eigenvalue weighted by atomic mass is 16.5. The van der Waals surface area contributed by atoms with Gasteiger partial charge in [0.05, 0.1) is 19.1 Å². The number of rotatable bonds is 7. The van der Waals surface area contributed by atoms with Crippen molar-refractivity contribution in [2.45, 2.75) is 32.1 Å². The Labute approximate surface area is 140 Å². The summed E-state index contributed by atoms with van der Waals surface area (Å²) < 4.78 is 10.6. The number of ether oxygens (including phenoxy) is 2. The van der Waals surface area contributed by atoms with Crippen LogP contribution in [0.25, 0.3) is 0 Å². The number of hydrogen-bond acceptors (Lipinski definition) is 4. The van der Waals surface area contributed by atoms with E-state index in [1.165, 1.54) is 25.8 Å². The molecule has 132 valence electrons. The van der Waals surface area contributed by atoms with Crippen molar-refractivity contribution in [2.24, 2.45) is 17.3 Å². The summed E-state index contributed by atoms with van der Waals surface area (Å²) in [5.74, 6) is 1.24. The lowest BCUT2D eigenvalue weighted by molar-refractivity contribution is -0.134. The average molecular weight is 324 g/mol. The van der Waals surface area contributed by atoms with E-state index in [0.717, 1.165) is 38.4 Å². The Bertz CT molecular complexity index is 403. The molecule has 2 heterocycles. The van der Waals surface area contributed by atoms with Crippen LogP contribution in [0.3, 0.4) is 0 Å². The van der Waals surface area contributed by atoms with E-state index in [9.17, 15) is 4.79 Å². The van der Waals surface area contributed by atoms with Crippen LogP contribution in [0.5, 0.6) is 0 Å². The number of nitrogens with zero attached hydrogens (tertiary/aromatic N) is 2. The molecule has 1 aliphatic carbocycles. The van der Waals surface area contributed by atoms with Crippen molar-refractivity contribution in [3.8, 4) is 0 Å². The van der Waals surface area contributed by atoms with Crippen LogP contribution >= 0.6 is 0 Å². The lowest BCUT2D eigenvalue weighted by Gasteiger charge is -2.43. The van der Waals surface area contributed by atoms with Crippen molar-refractivity contribution in [3.63, 3.8) is 0 Å². The fourth-order valence-corrected chi connectivity index (χ4v) is 4.58. The van der Waals surface area contributed by atoms with Crippen LogP contribution < -0.4 is 0 Å². The zero-order valence-electron chi connectivity index (χ0n) is 14.8. The molecule has 1 saturated carbocycles. The van der Waals surface area contributed by atoms with E-state index < -0.39 is 0 Å². The zero-order chi connectivity index (χ0) is 16.3. The Hall–Kier alpha value is -0.650. The van der Waals surface area contributed by atoms with Crippen LogP contribution in [-0.2, 0) is 14.3 Å². The summed E-state index contributed by atoms with van der Waals surface area (Å²) in [6, 6.07) is 0. The molecule has 3 rings (SSSR count). The SMILES string of the molecule is COCCN1CC2(CCN(CC3CCC3)CC2)[C@H](COC)C1=O. The number of amides is 1. The van der Waals surface area contributed by atoms with Gasteiger partial charge in [0.25, 0.3) is 0 Å². The predicted molar refractivity (Wildman–Crippen MR) is 89.3 cm³/mol. The van der Waals surface area contributed by atoms with E-state index in [1.54, 1.807) is 14.2 Å². The van der Waals surface area contributed by atoms with Crippen molar-refractivity contribution in [1.29, 1.82) is 0 Å². The highest BCUT2D eigenvalue weighted by molar-refractivity contribution is 5.82. The molecule has 0 aromatic rings. The smallest absolute Gasteiger partial charge is 0.228 e. The standard InChI is InChI=1S/C18H32N2O3/c1-22-11-10-20-14-18(16(13-23-2)17(20)21)6-8-19(9-7-18)12-15-4-3-5-15/h15-16H,3-14H2,1-2H3/t16-/m1/s1. The van der Waals surface area contributed by atoms with Crippen molar-refractivity contribution in [3.05, 3.63) is 0 Å². The van der Waals surface area contributed by atoms with Gasteiger partial charge in [0, 0.05) is 39.3 Å². The van der Waals surface area contributed by atoms with Crippen LogP contribution in [0, 0.1) is 17.3 Å². The third-order valence-corrected chi connectivity index (χ3v) is 6.35. The molecule has 1 spiro atoms. The maximum absolute atomic E-state index is 12.8. The number of likely N-dealkylation sites (tertiary alicyclic amines) is 2. The number of piperidine rings is 1. The van der Waals surface area contributed by atoms with Crippen LogP contribution in [0.1, 0.15) is 32.1 Å². The molecule has 2 aliphatic heterocycles. The molecule has 0 aromatic heterocycles. The molecule has 5 heteroatoms. The molecule has 0 N–H and O–H groups in total. The van der Waals surface area contributed by atoms with E-state index in [4.69, 9.17) is 9.47 Å². The highest BCUT2D eigenvalue weighted by Gasteiger charge is 2.52. The minimum Gasteiger partial charge on any atom is -0.384 e. The first-order valence-corrected chi connectivity index (χ1v) is 9.17. The Kier molecular flexibility index (Phi) is 5.60. The van der Waals surface area contributed by atoms with Crippen LogP contribution in [-0.4, -0.2) is 75.9 Å². The van der Waals surface area contributed by atoms with Gasteiger partial charge in [-0.25, -0.2) is 0 Å². The van der Waals surface area contributed by atoms with Gasteiger partial charge in [-0.15, -0.1) is 0 Å². The second-order valence-corrected chi connectivity index (χ2v) is 7.72. The summed E-state index contributed by atoms with van der Waals surface area (Å²) in [6.45, 7) is 6.33. The minimum absolute atomic E-state index is 0.0372. The van der Waals surface area contributed by atoms with Crippen molar-refractivity contribution < 1.29 is 14.3 Å². The molecule has 1 amide bonds. The predicted octanol–water partition coefficient (Wildman–Crippen LogP) is 1.62. The Morgan fingerprint density at radius 3 is 2.48 bits per heavy atom. The summed E-state index contributed by atoms with van der Waals surface area (Å²) in [6.07, 6.45) is 6.50. The first-order valence-electron chi connectivity index (χ1n) is 9.17. The molecule has 0 radical (unpaired) electrons. The second-order valence-electron chi connectivity index (χ2n) is 7.72. The lowest BCUT2D eigenvalue weighted by Crippen LogP contribution is -2.47. The first-order chi connectivity index (χ1) is 11.2. The summed E-state index contributed by atoms with van der Waals surface area (Å²) >= 11 is 0. The fraction of sp³-hybridized carbons (Fsp3) is 0.944. The molecular formula is C18H32N2O3. The van der Waals surface area contributed by atoms with Gasteiger partial charge in [0.2, 0.25) is 5.91 Å². The maximum atomic E-state index is 12.8. The van der Waals surface area contributed by atoms with Crippen molar-refractivity contribution >= 4 is 5.91 Å². The molecule has 0 unspecified atom stereocenters. The van der Waals surface area contributed by atoms with Crippen LogP contribution in [0.2, 0.25) is 0 Å². The molecule has 23 heavy (non-hydrogen) atoms. The van der Waals surface area contributed by atoms with E-state index in [1.807, 2.05) is 4.90 Å². The van der Waals surface area contributed by atoms with Gasteiger partial charge in [-0.1, -0.05) is 6.42 Å². The van der Waals surface area contributed by atoms with Gasteiger partial charge in [0.15, 0.2) is 0 Å². The summed E-state index contributed by atoms with van der Waals surface area (Å²) in [7, 11) is 3.41. The van der Waals surface area contributed by atoms with E-state index >= 15 is 0 Å². The topological polar surface area (TPSA) is 42.0 Å². The highest BCUT2D eigenvalue weighted by Crippen LogP contribution is 2.45. The minimum atomic E-state index is 0.0372. The zero-order valence-corrected chi connectivity index (χ0v) is 14.8. The third kappa shape index (κ3) is 3.57. The lowest BCUT2D eigenvalue weighted by atomic mass is 9.70. The van der Waals surface area contributed by atoms with Gasteiger partial charge in [-0.2, -0.15) is 0 Å². The largest absolute Gasteiger partial charge is 0.384 e. The molecular weight excluding hydrogens is 292 g/mol. The molecule has 5 nitrogen and oxygen atoms in total. The fourth-order valence-electron chi connectivity index (χ4n) is 4.58. The van der Waals surface area contributed by atoms with Crippen LogP contribution in [0.4, 0.5) is 0 Å². The van der Waals surface area contributed by atoms with Crippen molar-refractivity contribution in [2.75, 3.05) is 60.2 Å². The molecule has 0 aromatic carbocycles. The normalized spacial score (nSPS) is 28.5. The Morgan fingerprint density at radius 1 is 1.17 bits per heavy atom. The van der Waals surface area contributed by atoms with E-state index in [0.29, 0.717) is 19.8 Å². The molecule has 1 atom stereocenters. The summed E-state index contributed by atoms with van der Waals surface area (Å²) in [4.78, 5) is 17.4. The van der Waals surface area contributed by atoms with Crippen molar-refractivity contribution in [1.82, 2.24) is 9.80 Å². The third-order valence-electron chi connectivity index (χ3n) is 6.35. The van der Waals surface area contributed by atoms with E-state index in [-0.39, 0.29) is 17.2 Å². The molecule has 2 saturated heterocycles. The maximum Gasteiger partial charge on any atom is 0.228 e. The number of carbonyl (C=O) groups is 1. The van der Waals surface area contributed by atoms with Gasteiger partial charge in [0.1, 0.15) is 0 Å². The van der Waals surface area contributed by atoms with Gasteiger partial charge >= 0.3 is 0 Å². The molecule has 3 aliphatic rings. The number of carbonyl (C=O) groups excluding carboxylic acids is 1.